The molecule has 0 spiro atoms. The van der Waals surface area contributed by atoms with Crippen LogP contribution in [0.4, 0.5) is 0 Å². The van der Waals surface area contributed by atoms with Crippen LogP contribution in [-0.2, 0) is 4.79 Å². The number of carbonyl (C=O) groups is 2. The maximum Gasteiger partial charge on any atom is 0.260 e. The van der Waals surface area contributed by atoms with E-state index in [1.165, 1.54) is 38.5 Å². The highest BCUT2D eigenvalue weighted by molar-refractivity contribution is 5.95. The Morgan fingerprint density at radius 3 is 2.79 bits per heavy atom. The molecule has 0 aromatic heterocycles. The van der Waals surface area contributed by atoms with Crippen molar-refractivity contribution in [3.05, 3.63) is 29.8 Å². The Morgan fingerprint density at radius 2 is 2.00 bits per heavy atom. The second-order valence-corrected chi connectivity index (χ2v) is 8.95. The molecule has 1 aromatic rings. The molecule has 0 radical (unpaired) electrons. The molecule has 0 aliphatic carbocycles. The van der Waals surface area contributed by atoms with E-state index in [9.17, 15) is 9.59 Å². The van der Waals surface area contributed by atoms with Gasteiger partial charge in [-0.05, 0) is 49.7 Å². The van der Waals surface area contributed by atoms with Gasteiger partial charge in [0, 0.05) is 31.7 Å². The number of hydrogen-bond donors (Lipinski definition) is 1. The fraction of sp³-hybridized carbons (Fsp3) is 0.652. The van der Waals surface area contributed by atoms with Gasteiger partial charge in [-0.2, -0.15) is 0 Å². The first kappa shape index (κ1) is 20.2. The van der Waals surface area contributed by atoms with Crippen LogP contribution in [0.3, 0.4) is 0 Å². The quantitative estimate of drug-likeness (QED) is 0.798. The number of piperidine rings is 3. The van der Waals surface area contributed by atoms with Crippen LogP contribution in [0, 0.1) is 11.8 Å². The molecule has 1 aromatic carbocycles. The van der Waals surface area contributed by atoms with Gasteiger partial charge < -0.3 is 15.4 Å². The van der Waals surface area contributed by atoms with E-state index in [-0.39, 0.29) is 12.5 Å². The first-order valence-corrected chi connectivity index (χ1v) is 11.1. The van der Waals surface area contributed by atoms with Gasteiger partial charge in [0.1, 0.15) is 5.75 Å². The van der Waals surface area contributed by atoms with Gasteiger partial charge in [-0.15, -0.1) is 0 Å². The van der Waals surface area contributed by atoms with Crippen LogP contribution in [0.15, 0.2) is 24.3 Å². The van der Waals surface area contributed by atoms with Crippen molar-refractivity contribution in [1.29, 1.82) is 0 Å². The summed E-state index contributed by atoms with van der Waals surface area (Å²) < 4.78 is 5.69. The summed E-state index contributed by atoms with van der Waals surface area (Å²) in [5, 5.41) is 0. The number of benzene rings is 1. The molecule has 4 atom stereocenters. The predicted molar refractivity (Wildman–Crippen MR) is 112 cm³/mol. The first-order valence-electron chi connectivity index (χ1n) is 11.1. The molecule has 3 aliphatic heterocycles. The third-order valence-corrected chi connectivity index (χ3v) is 6.99. The molecule has 0 saturated carbocycles. The summed E-state index contributed by atoms with van der Waals surface area (Å²) in [4.78, 5) is 29.2. The molecule has 29 heavy (non-hydrogen) atoms. The van der Waals surface area contributed by atoms with Crippen LogP contribution in [0.25, 0.3) is 0 Å². The number of fused-ring (bicyclic) bond motifs is 4. The lowest BCUT2D eigenvalue weighted by Gasteiger charge is -2.55. The molecule has 3 aliphatic rings. The van der Waals surface area contributed by atoms with Crippen molar-refractivity contribution in [3.8, 4) is 5.75 Å². The summed E-state index contributed by atoms with van der Waals surface area (Å²) in [5.74, 6) is 0.979. The van der Waals surface area contributed by atoms with Crippen molar-refractivity contribution in [2.75, 3.05) is 26.2 Å². The lowest BCUT2D eigenvalue weighted by atomic mass is 9.74. The lowest BCUT2D eigenvalue weighted by Crippen LogP contribution is -2.62. The minimum atomic E-state index is -0.542. The second-order valence-electron chi connectivity index (χ2n) is 8.95. The van der Waals surface area contributed by atoms with Crippen molar-refractivity contribution >= 4 is 11.8 Å². The second kappa shape index (κ2) is 8.74. The summed E-state index contributed by atoms with van der Waals surface area (Å²) in [7, 11) is 0. The minimum absolute atomic E-state index is 0.00772. The number of hydrogen-bond acceptors (Lipinski definition) is 4. The van der Waals surface area contributed by atoms with E-state index in [2.05, 4.69) is 11.8 Å². The van der Waals surface area contributed by atoms with Crippen LogP contribution >= 0.6 is 0 Å². The Bertz CT molecular complexity index is 751. The van der Waals surface area contributed by atoms with Gasteiger partial charge in [-0.3, -0.25) is 14.5 Å². The third-order valence-electron chi connectivity index (χ3n) is 6.99. The normalized spacial score (nSPS) is 29.2. The van der Waals surface area contributed by atoms with E-state index < -0.39 is 5.91 Å². The molecular formula is C23H33N3O3. The molecule has 6 heteroatoms. The molecule has 3 heterocycles. The van der Waals surface area contributed by atoms with E-state index in [1.807, 2.05) is 4.90 Å². The molecule has 2 amide bonds. The lowest BCUT2D eigenvalue weighted by molar-refractivity contribution is -0.141. The van der Waals surface area contributed by atoms with Crippen LogP contribution < -0.4 is 10.5 Å². The zero-order valence-electron chi connectivity index (χ0n) is 17.4. The molecular weight excluding hydrogens is 366 g/mol. The smallest absolute Gasteiger partial charge is 0.260 e. The predicted octanol–water partition coefficient (Wildman–Crippen LogP) is 2.67. The number of primary amides is 1. The summed E-state index contributed by atoms with van der Waals surface area (Å²) in [5.41, 5.74) is 5.72. The van der Waals surface area contributed by atoms with E-state index in [1.54, 1.807) is 24.3 Å². The maximum absolute atomic E-state index is 12.9. The van der Waals surface area contributed by atoms with E-state index in [4.69, 9.17) is 10.5 Å². The maximum atomic E-state index is 12.9. The van der Waals surface area contributed by atoms with E-state index in [0.29, 0.717) is 29.2 Å². The van der Waals surface area contributed by atoms with Gasteiger partial charge in [0.05, 0.1) is 5.56 Å². The Labute approximate surface area is 173 Å². The van der Waals surface area contributed by atoms with Crippen molar-refractivity contribution in [2.24, 2.45) is 17.6 Å². The van der Waals surface area contributed by atoms with Crippen LogP contribution in [-0.4, -0.2) is 59.9 Å². The Morgan fingerprint density at radius 1 is 1.17 bits per heavy atom. The van der Waals surface area contributed by atoms with Gasteiger partial charge in [-0.1, -0.05) is 31.9 Å². The summed E-state index contributed by atoms with van der Waals surface area (Å²) in [6.07, 6.45) is 7.70. The number of amides is 2. The SMILES string of the molecule is CCC[C@H]1CCC[C@H]2[C@@H]3C[C@@H](CN(C(=O)COc4ccccc4C(N)=O)C3)CN12. The average molecular weight is 400 g/mol. The molecule has 6 nitrogen and oxygen atoms in total. The number of likely N-dealkylation sites (tertiary alicyclic amines) is 1. The van der Waals surface area contributed by atoms with Gasteiger partial charge in [0.25, 0.3) is 11.8 Å². The number of para-hydroxylation sites is 1. The van der Waals surface area contributed by atoms with Crippen molar-refractivity contribution in [2.45, 2.75) is 57.5 Å². The molecule has 2 N–H and O–H groups in total. The summed E-state index contributed by atoms with van der Waals surface area (Å²) in [6.45, 7) is 5.01. The van der Waals surface area contributed by atoms with Gasteiger partial charge in [0.15, 0.2) is 6.61 Å². The van der Waals surface area contributed by atoms with Crippen molar-refractivity contribution in [3.63, 3.8) is 0 Å². The number of nitrogens with two attached hydrogens (primary N) is 1. The molecule has 3 fully saturated rings. The van der Waals surface area contributed by atoms with Crippen molar-refractivity contribution in [1.82, 2.24) is 9.80 Å². The van der Waals surface area contributed by atoms with Crippen LogP contribution in [0.2, 0.25) is 0 Å². The van der Waals surface area contributed by atoms with Crippen molar-refractivity contribution < 1.29 is 14.3 Å². The highest BCUT2D eigenvalue weighted by Crippen LogP contribution is 2.40. The molecule has 2 bridgehead atoms. The fourth-order valence-electron chi connectivity index (χ4n) is 5.79. The van der Waals surface area contributed by atoms with E-state index in [0.717, 1.165) is 25.7 Å². The fourth-order valence-corrected chi connectivity index (χ4v) is 5.79. The summed E-state index contributed by atoms with van der Waals surface area (Å²) in [6, 6.07) is 8.19. The number of carbonyl (C=O) groups excluding carboxylic acids is 2. The molecule has 0 unspecified atom stereocenters. The van der Waals surface area contributed by atoms with Gasteiger partial charge in [-0.25, -0.2) is 0 Å². The summed E-state index contributed by atoms with van der Waals surface area (Å²) >= 11 is 0. The Hall–Kier alpha value is -2.08. The number of ether oxygens (including phenoxy) is 1. The first-order chi connectivity index (χ1) is 14.1. The number of rotatable bonds is 6. The van der Waals surface area contributed by atoms with Crippen LogP contribution in [0.5, 0.6) is 5.75 Å². The standard InChI is InChI=1S/C23H33N3O3/c1-2-6-18-7-5-9-20-17-11-16(13-26(18)20)12-25(14-17)22(27)15-29-21-10-4-3-8-19(21)23(24)28/h3-4,8,10,16-18,20H,2,5-7,9,11-15H2,1H3,(H2,24,28)/t16-,17+,18-,20-/m0/s1. The van der Waals surface area contributed by atoms with Crippen LogP contribution in [0.1, 0.15) is 55.8 Å². The highest BCUT2D eigenvalue weighted by atomic mass is 16.5. The van der Waals surface area contributed by atoms with Gasteiger partial charge in [0.2, 0.25) is 0 Å². The average Bonchev–Trinajstić information content (AvgIpc) is 2.72. The zero-order valence-corrected chi connectivity index (χ0v) is 17.4. The monoisotopic (exact) mass is 399 g/mol. The minimum Gasteiger partial charge on any atom is -0.483 e. The topological polar surface area (TPSA) is 75.9 Å². The highest BCUT2D eigenvalue weighted by Gasteiger charge is 2.45. The molecule has 4 rings (SSSR count). The Balaban J connectivity index is 1.38. The third kappa shape index (κ3) is 4.27. The number of nitrogens with zero attached hydrogens (tertiary/aromatic N) is 2. The zero-order chi connectivity index (χ0) is 20.4. The Kier molecular flexibility index (Phi) is 6.09. The van der Waals surface area contributed by atoms with Gasteiger partial charge >= 0.3 is 0 Å². The largest absolute Gasteiger partial charge is 0.483 e. The molecule has 3 saturated heterocycles. The molecule has 158 valence electrons. The van der Waals surface area contributed by atoms with E-state index >= 15 is 0 Å².